The molecule has 2 aliphatic heterocycles. The Morgan fingerprint density at radius 3 is 2.52 bits per heavy atom. The predicted molar refractivity (Wildman–Crippen MR) is 87.4 cm³/mol. The quantitative estimate of drug-likeness (QED) is 0.788. The standard InChI is InChI=1S/C19H24N2O2/c22-17-12-19(9-4-1-5-10-19)18(23)21(17)14-20-11-8-15-6-2-3-7-16(15)13-20/h2-3,6-7H,1,4-5,8-14H2. The van der Waals surface area contributed by atoms with Gasteiger partial charge >= 0.3 is 0 Å². The fraction of sp³-hybridized carbons (Fsp3) is 0.579. The first-order valence-electron chi connectivity index (χ1n) is 8.82. The minimum absolute atomic E-state index is 0.0377. The average molecular weight is 312 g/mol. The van der Waals surface area contributed by atoms with Crippen molar-refractivity contribution in [1.82, 2.24) is 9.80 Å². The van der Waals surface area contributed by atoms with Crippen LogP contribution in [-0.4, -0.2) is 34.8 Å². The Morgan fingerprint density at radius 1 is 1.00 bits per heavy atom. The normalized spacial score (nSPS) is 24.3. The summed E-state index contributed by atoms with van der Waals surface area (Å²) in [4.78, 5) is 29.1. The number of imide groups is 1. The summed E-state index contributed by atoms with van der Waals surface area (Å²) >= 11 is 0. The van der Waals surface area contributed by atoms with Crippen LogP contribution in [0.15, 0.2) is 24.3 Å². The Morgan fingerprint density at radius 2 is 1.74 bits per heavy atom. The molecule has 2 fully saturated rings. The Kier molecular flexibility index (Phi) is 3.72. The highest BCUT2D eigenvalue weighted by Crippen LogP contribution is 2.45. The molecule has 0 radical (unpaired) electrons. The van der Waals surface area contributed by atoms with Gasteiger partial charge in [-0.2, -0.15) is 0 Å². The molecule has 4 rings (SSSR count). The molecule has 0 aromatic heterocycles. The molecule has 1 saturated carbocycles. The monoisotopic (exact) mass is 312 g/mol. The highest BCUT2D eigenvalue weighted by atomic mass is 16.2. The lowest BCUT2D eigenvalue weighted by Crippen LogP contribution is -2.45. The van der Waals surface area contributed by atoms with E-state index in [-0.39, 0.29) is 17.2 Å². The number of carbonyl (C=O) groups is 2. The number of rotatable bonds is 2. The molecule has 2 heterocycles. The van der Waals surface area contributed by atoms with Crippen LogP contribution in [0.5, 0.6) is 0 Å². The van der Waals surface area contributed by atoms with E-state index >= 15 is 0 Å². The van der Waals surface area contributed by atoms with Crippen molar-refractivity contribution in [2.45, 2.75) is 51.5 Å². The Labute approximate surface area is 137 Å². The second-order valence-corrected chi connectivity index (χ2v) is 7.36. The number of fused-ring (bicyclic) bond motifs is 1. The van der Waals surface area contributed by atoms with E-state index in [4.69, 9.17) is 0 Å². The zero-order valence-electron chi connectivity index (χ0n) is 13.6. The van der Waals surface area contributed by atoms with E-state index in [0.29, 0.717) is 13.1 Å². The first-order chi connectivity index (χ1) is 11.2. The smallest absolute Gasteiger partial charge is 0.237 e. The van der Waals surface area contributed by atoms with Crippen LogP contribution in [0.25, 0.3) is 0 Å². The van der Waals surface area contributed by atoms with Crippen molar-refractivity contribution in [3.05, 3.63) is 35.4 Å². The van der Waals surface area contributed by atoms with Crippen LogP contribution in [-0.2, 0) is 22.6 Å². The van der Waals surface area contributed by atoms with E-state index in [0.717, 1.165) is 45.2 Å². The minimum atomic E-state index is -0.358. The number of carbonyl (C=O) groups excluding carboxylic acids is 2. The second-order valence-electron chi connectivity index (χ2n) is 7.36. The van der Waals surface area contributed by atoms with Gasteiger partial charge in [-0.1, -0.05) is 43.5 Å². The molecule has 1 aliphatic carbocycles. The van der Waals surface area contributed by atoms with Crippen LogP contribution in [0, 0.1) is 5.41 Å². The third-order valence-electron chi connectivity index (χ3n) is 5.85. The fourth-order valence-corrected chi connectivity index (χ4v) is 4.50. The van der Waals surface area contributed by atoms with Gasteiger partial charge in [0.15, 0.2) is 0 Å². The summed E-state index contributed by atoms with van der Waals surface area (Å²) in [5.41, 5.74) is 2.36. The van der Waals surface area contributed by atoms with Crippen molar-refractivity contribution in [1.29, 1.82) is 0 Å². The first-order valence-corrected chi connectivity index (χ1v) is 8.82. The molecule has 0 bridgehead atoms. The van der Waals surface area contributed by atoms with Crippen molar-refractivity contribution >= 4 is 11.8 Å². The summed E-state index contributed by atoms with van der Waals surface area (Å²) in [6.45, 7) is 2.22. The van der Waals surface area contributed by atoms with E-state index in [2.05, 4.69) is 29.2 Å². The van der Waals surface area contributed by atoms with Crippen LogP contribution in [0.2, 0.25) is 0 Å². The SMILES string of the molecule is O=C1CC2(CCCCC2)C(=O)N1CN1CCc2ccccc2C1. The van der Waals surface area contributed by atoms with E-state index in [1.54, 1.807) is 4.90 Å². The molecule has 1 aromatic carbocycles. The maximum Gasteiger partial charge on any atom is 0.237 e. The molecule has 0 unspecified atom stereocenters. The van der Waals surface area contributed by atoms with Gasteiger partial charge in [0.25, 0.3) is 0 Å². The lowest BCUT2D eigenvalue weighted by Gasteiger charge is -2.33. The molecule has 1 aromatic rings. The minimum Gasteiger partial charge on any atom is -0.281 e. The van der Waals surface area contributed by atoms with Gasteiger partial charge in [-0.05, 0) is 30.4 Å². The van der Waals surface area contributed by atoms with Crippen molar-refractivity contribution in [3.8, 4) is 0 Å². The first kappa shape index (κ1) is 14.9. The molecule has 2 amide bonds. The van der Waals surface area contributed by atoms with Crippen molar-refractivity contribution in [2.75, 3.05) is 13.2 Å². The third kappa shape index (κ3) is 2.59. The van der Waals surface area contributed by atoms with Crippen LogP contribution < -0.4 is 0 Å². The molecular formula is C19H24N2O2. The number of likely N-dealkylation sites (tertiary alicyclic amines) is 1. The van der Waals surface area contributed by atoms with Gasteiger partial charge in [0, 0.05) is 19.5 Å². The van der Waals surface area contributed by atoms with E-state index in [9.17, 15) is 9.59 Å². The Hall–Kier alpha value is -1.68. The van der Waals surface area contributed by atoms with Crippen molar-refractivity contribution < 1.29 is 9.59 Å². The zero-order valence-corrected chi connectivity index (χ0v) is 13.6. The van der Waals surface area contributed by atoms with E-state index < -0.39 is 0 Å². The third-order valence-corrected chi connectivity index (χ3v) is 5.85. The number of amides is 2. The summed E-state index contributed by atoms with van der Waals surface area (Å²) in [5.74, 6) is 0.136. The van der Waals surface area contributed by atoms with Crippen LogP contribution in [0.3, 0.4) is 0 Å². The van der Waals surface area contributed by atoms with Gasteiger partial charge in [-0.15, -0.1) is 0 Å². The highest BCUT2D eigenvalue weighted by molar-refractivity contribution is 6.05. The second kappa shape index (κ2) is 5.75. The largest absolute Gasteiger partial charge is 0.281 e. The molecule has 4 nitrogen and oxygen atoms in total. The van der Waals surface area contributed by atoms with Gasteiger partial charge in [-0.25, -0.2) is 0 Å². The summed E-state index contributed by atoms with van der Waals surface area (Å²) in [6.07, 6.45) is 6.61. The summed E-state index contributed by atoms with van der Waals surface area (Å²) in [7, 11) is 0. The molecular weight excluding hydrogens is 288 g/mol. The molecule has 0 atom stereocenters. The number of hydrogen-bond acceptors (Lipinski definition) is 3. The molecule has 23 heavy (non-hydrogen) atoms. The molecule has 1 saturated heterocycles. The van der Waals surface area contributed by atoms with Crippen molar-refractivity contribution in [3.63, 3.8) is 0 Å². The molecule has 0 N–H and O–H groups in total. The topological polar surface area (TPSA) is 40.6 Å². The van der Waals surface area contributed by atoms with Crippen LogP contribution >= 0.6 is 0 Å². The lowest BCUT2D eigenvalue weighted by atomic mass is 9.73. The van der Waals surface area contributed by atoms with Crippen molar-refractivity contribution in [2.24, 2.45) is 5.41 Å². The van der Waals surface area contributed by atoms with Gasteiger partial charge in [0.05, 0.1) is 12.1 Å². The lowest BCUT2D eigenvalue weighted by molar-refractivity contribution is -0.144. The van der Waals surface area contributed by atoms with Crippen LogP contribution in [0.4, 0.5) is 0 Å². The maximum atomic E-state index is 12.9. The molecule has 3 aliphatic rings. The fourth-order valence-electron chi connectivity index (χ4n) is 4.50. The number of benzene rings is 1. The molecule has 4 heteroatoms. The van der Waals surface area contributed by atoms with Gasteiger partial charge in [-0.3, -0.25) is 19.4 Å². The zero-order chi connectivity index (χ0) is 15.9. The number of nitrogens with zero attached hydrogens (tertiary/aromatic N) is 2. The van der Waals surface area contributed by atoms with Gasteiger partial charge < -0.3 is 0 Å². The van der Waals surface area contributed by atoms with Gasteiger partial charge in [0.1, 0.15) is 0 Å². The van der Waals surface area contributed by atoms with Gasteiger partial charge in [0.2, 0.25) is 11.8 Å². The van der Waals surface area contributed by atoms with E-state index in [1.807, 2.05) is 0 Å². The Bertz CT molecular complexity index is 634. The Balaban J connectivity index is 1.47. The average Bonchev–Trinajstić information content (AvgIpc) is 2.80. The van der Waals surface area contributed by atoms with Crippen LogP contribution in [0.1, 0.15) is 49.7 Å². The maximum absolute atomic E-state index is 12.9. The highest BCUT2D eigenvalue weighted by Gasteiger charge is 2.51. The summed E-state index contributed by atoms with van der Waals surface area (Å²) in [6, 6.07) is 8.47. The predicted octanol–water partition coefficient (Wildman–Crippen LogP) is 2.71. The van der Waals surface area contributed by atoms with E-state index in [1.165, 1.54) is 17.5 Å². The molecule has 122 valence electrons. The molecule has 1 spiro atoms. The summed E-state index contributed by atoms with van der Waals surface area (Å²) in [5, 5.41) is 0. The number of hydrogen-bond donors (Lipinski definition) is 0. The summed E-state index contributed by atoms with van der Waals surface area (Å²) < 4.78 is 0.